The summed E-state index contributed by atoms with van der Waals surface area (Å²) in [6.07, 6.45) is 8.49. The number of benzene rings is 1. The lowest BCUT2D eigenvalue weighted by atomic mass is 9.71. The lowest BCUT2D eigenvalue weighted by Crippen LogP contribution is -2.32. The fraction of sp³-hybridized carbons (Fsp3) is 0.600. The van der Waals surface area contributed by atoms with E-state index in [4.69, 9.17) is 0 Å². The smallest absolute Gasteiger partial charge is 0.132 e. The van der Waals surface area contributed by atoms with E-state index >= 15 is 4.39 Å². The summed E-state index contributed by atoms with van der Waals surface area (Å²) >= 11 is 0. The van der Waals surface area contributed by atoms with Crippen molar-refractivity contribution in [3.8, 4) is 0 Å². The van der Waals surface area contributed by atoms with Crippen molar-refractivity contribution in [3.05, 3.63) is 46.5 Å². The van der Waals surface area contributed by atoms with E-state index < -0.39 is 17.3 Å². The highest BCUT2D eigenvalue weighted by Gasteiger charge is 2.40. The van der Waals surface area contributed by atoms with Crippen molar-refractivity contribution in [1.82, 2.24) is 0 Å². The predicted octanol–water partition coefficient (Wildman–Crippen LogP) is 6.39. The molecule has 3 heteroatoms. The Balaban J connectivity index is 1.75. The van der Waals surface area contributed by atoms with E-state index in [9.17, 15) is 8.78 Å². The van der Waals surface area contributed by atoms with Crippen LogP contribution in [0.4, 0.5) is 13.2 Å². The minimum Gasteiger partial charge on any atom is -0.239 e. The molecule has 0 radical (unpaired) electrons. The van der Waals surface area contributed by atoms with Crippen LogP contribution in [0.15, 0.2) is 23.8 Å². The van der Waals surface area contributed by atoms with Crippen LogP contribution in [0.2, 0.25) is 0 Å². The van der Waals surface area contributed by atoms with Crippen LogP contribution < -0.4 is 0 Å². The van der Waals surface area contributed by atoms with Gasteiger partial charge in [-0.05, 0) is 87.0 Å². The zero-order chi connectivity index (χ0) is 16.4. The molecule has 0 aromatic heterocycles. The van der Waals surface area contributed by atoms with Crippen LogP contribution >= 0.6 is 0 Å². The second-order valence-electron chi connectivity index (χ2n) is 7.04. The quantitative estimate of drug-likeness (QED) is 0.565. The highest BCUT2D eigenvalue weighted by molar-refractivity contribution is 5.31. The Kier molecular flexibility index (Phi) is 4.84. The van der Waals surface area contributed by atoms with E-state index in [1.54, 1.807) is 0 Å². The van der Waals surface area contributed by atoms with E-state index in [0.717, 1.165) is 31.3 Å². The number of hydrogen-bond donors (Lipinski definition) is 0. The van der Waals surface area contributed by atoms with Gasteiger partial charge in [0.1, 0.15) is 17.3 Å². The number of aryl methyl sites for hydroxylation is 1. The molecule has 2 aliphatic rings. The van der Waals surface area contributed by atoms with Crippen molar-refractivity contribution < 1.29 is 13.2 Å². The van der Waals surface area contributed by atoms with Gasteiger partial charge in [0, 0.05) is 5.56 Å². The van der Waals surface area contributed by atoms with Crippen LogP contribution in [0.25, 0.3) is 0 Å². The van der Waals surface area contributed by atoms with Crippen molar-refractivity contribution in [2.24, 2.45) is 0 Å². The van der Waals surface area contributed by atoms with Crippen LogP contribution in [0.5, 0.6) is 0 Å². The minimum absolute atomic E-state index is 0.168. The van der Waals surface area contributed by atoms with E-state index in [1.165, 1.54) is 12.1 Å². The molecule has 0 unspecified atom stereocenters. The van der Waals surface area contributed by atoms with Gasteiger partial charge in [0.05, 0.1) is 0 Å². The Bertz CT molecular complexity index is 572. The Hall–Kier alpha value is -1.25. The molecule has 0 saturated heterocycles. The normalized spacial score (nSPS) is 28.5. The molecule has 2 aliphatic carbocycles. The van der Waals surface area contributed by atoms with Gasteiger partial charge in [-0.1, -0.05) is 13.0 Å². The van der Waals surface area contributed by atoms with Gasteiger partial charge in [0.15, 0.2) is 0 Å². The van der Waals surface area contributed by atoms with Crippen LogP contribution in [-0.4, -0.2) is 5.67 Å². The first kappa shape index (κ1) is 16.6. The molecule has 1 aromatic rings. The molecule has 1 aromatic carbocycles. The topological polar surface area (TPSA) is 0 Å². The van der Waals surface area contributed by atoms with E-state index in [2.05, 4.69) is 6.08 Å². The Morgan fingerprint density at radius 2 is 1.74 bits per heavy atom. The molecule has 0 atom stereocenters. The van der Waals surface area contributed by atoms with Crippen molar-refractivity contribution in [2.75, 3.05) is 0 Å². The summed E-state index contributed by atoms with van der Waals surface area (Å²) in [7, 11) is 0. The lowest BCUT2D eigenvalue weighted by Gasteiger charge is -2.37. The van der Waals surface area contributed by atoms with Crippen LogP contribution in [0, 0.1) is 11.6 Å². The lowest BCUT2D eigenvalue weighted by molar-refractivity contribution is 0.130. The predicted molar refractivity (Wildman–Crippen MR) is 87.3 cm³/mol. The molecule has 23 heavy (non-hydrogen) atoms. The number of alkyl halides is 1. The average molecular weight is 322 g/mol. The van der Waals surface area contributed by atoms with Gasteiger partial charge < -0.3 is 0 Å². The Labute approximate surface area is 136 Å². The second kappa shape index (κ2) is 6.70. The van der Waals surface area contributed by atoms with E-state index in [-0.39, 0.29) is 11.5 Å². The summed E-state index contributed by atoms with van der Waals surface area (Å²) in [4.78, 5) is 0. The minimum atomic E-state index is -1.24. The van der Waals surface area contributed by atoms with Gasteiger partial charge in [-0.25, -0.2) is 13.2 Å². The van der Waals surface area contributed by atoms with Gasteiger partial charge in [0.2, 0.25) is 0 Å². The summed E-state index contributed by atoms with van der Waals surface area (Å²) in [5.74, 6) is -1.13. The molecule has 0 spiro atoms. The summed E-state index contributed by atoms with van der Waals surface area (Å²) in [6.45, 7) is 1.88. The molecule has 1 saturated carbocycles. The zero-order valence-corrected chi connectivity index (χ0v) is 13.8. The van der Waals surface area contributed by atoms with E-state index in [1.807, 2.05) is 6.92 Å². The first-order chi connectivity index (χ1) is 11.0. The number of allylic oxidation sites excluding steroid dienone is 2. The summed E-state index contributed by atoms with van der Waals surface area (Å²) in [5.41, 5.74) is 0.533. The molecular formula is C20H25F3. The number of halogens is 3. The third-order valence-corrected chi connectivity index (χ3v) is 5.60. The van der Waals surface area contributed by atoms with Gasteiger partial charge in [0.25, 0.3) is 0 Å². The molecule has 0 heterocycles. The molecule has 1 fully saturated rings. The molecule has 126 valence electrons. The van der Waals surface area contributed by atoms with Gasteiger partial charge >= 0.3 is 0 Å². The molecular weight excluding hydrogens is 297 g/mol. The fourth-order valence-electron chi connectivity index (χ4n) is 4.16. The Morgan fingerprint density at radius 3 is 2.26 bits per heavy atom. The van der Waals surface area contributed by atoms with Crippen molar-refractivity contribution in [3.63, 3.8) is 0 Å². The molecule has 0 aliphatic heterocycles. The maximum atomic E-state index is 15.2. The summed E-state index contributed by atoms with van der Waals surface area (Å²) in [6, 6.07) is 2.86. The van der Waals surface area contributed by atoms with Crippen molar-refractivity contribution in [1.29, 1.82) is 0 Å². The third-order valence-electron chi connectivity index (χ3n) is 5.60. The maximum Gasteiger partial charge on any atom is 0.132 e. The molecule has 0 N–H and O–H groups in total. The van der Waals surface area contributed by atoms with Gasteiger partial charge in [-0.2, -0.15) is 0 Å². The first-order valence-electron chi connectivity index (χ1n) is 8.90. The number of rotatable bonds is 3. The molecule has 0 bridgehead atoms. The largest absolute Gasteiger partial charge is 0.239 e. The summed E-state index contributed by atoms with van der Waals surface area (Å²) < 4.78 is 43.8. The van der Waals surface area contributed by atoms with Crippen molar-refractivity contribution in [2.45, 2.75) is 76.3 Å². The monoisotopic (exact) mass is 322 g/mol. The third kappa shape index (κ3) is 3.34. The molecule has 0 amide bonds. The Morgan fingerprint density at radius 1 is 1.09 bits per heavy atom. The first-order valence-corrected chi connectivity index (χ1v) is 8.90. The standard InChI is InChI=1S/C20H25F3/c1-2-14-12-17(21)19(18(22)13-14)15-8-10-20(23,11-9-15)16-6-4-3-5-7-16/h6,12-13,15H,2-5,7-11H2,1H3. The SMILES string of the molecule is CCc1cc(F)c(C2CCC(F)(C3=CCCCC3)CC2)c(F)c1. The fourth-order valence-corrected chi connectivity index (χ4v) is 4.16. The average Bonchev–Trinajstić information content (AvgIpc) is 2.57. The van der Waals surface area contributed by atoms with Crippen LogP contribution in [0.3, 0.4) is 0 Å². The number of hydrogen-bond acceptors (Lipinski definition) is 0. The highest BCUT2D eigenvalue weighted by Crippen LogP contribution is 2.47. The van der Waals surface area contributed by atoms with Crippen molar-refractivity contribution >= 4 is 0 Å². The van der Waals surface area contributed by atoms with Gasteiger partial charge in [-0.3, -0.25) is 0 Å². The molecule has 3 rings (SSSR count). The maximum absolute atomic E-state index is 15.2. The van der Waals surface area contributed by atoms with Crippen LogP contribution in [0.1, 0.15) is 75.3 Å². The van der Waals surface area contributed by atoms with E-state index in [0.29, 0.717) is 37.7 Å². The van der Waals surface area contributed by atoms with Crippen LogP contribution in [-0.2, 0) is 6.42 Å². The second-order valence-corrected chi connectivity index (χ2v) is 7.04. The highest BCUT2D eigenvalue weighted by atomic mass is 19.1. The van der Waals surface area contributed by atoms with Gasteiger partial charge in [-0.15, -0.1) is 0 Å². The summed E-state index contributed by atoms with van der Waals surface area (Å²) in [5, 5.41) is 0. The molecule has 0 nitrogen and oxygen atoms in total. The zero-order valence-electron chi connectivity index (χ0n) is 13.8.